The number of carbonyl (C=O) groups excluding carboxylic acids is 1. The molecule has 1 heterocycles. The van der Waals surface area contributed by atoms with Crippen LogP contribution in [-0.4, -0.2) is 17.1 Å². The molecule has 0 radical (unpaired) electrons. The van der Waals surface area contributed by atoms with Gasteiger partial charge >= 0.3 is 0 Å². The molecule has 2 aromatic rings. The molecule has 25 heavy (non-hydrogen) atoms. The van der Waals surface area contributed by atoms with Gasteiger partial charge in [0.2, 0.25) is 5.91 Å². The molecular formula is C20H27N3O2. The van der Waals surface area contributed by atoms with Gasteiger partial charge in [0.25, 0.3) is 0 Å². The first-order valence-corrected chi connectivity index (χ1v) is 9.10. The Bertz CT molecular complexity index is 698. The van der Waals surface area contributed by atoms with Crippen LogP contribution >= 0.6 is 0 Å². The van der Waals surface area contributed by atoms with Gasteiger partial charge in [0.1, 0.15) is 11.8 Å². The van der Waals surface area contributed by atoms with E-state index in [0.29, 0.717) is 29.5 Å². The smallest absolute Gasteiger partial charge is 0.247 e. The van der Waals surface area contributed by atoms with Gasteiger partial charge in [-0.15, -0.1) is 0 Å². The number of rotatable bonds is 5. The highest BCUT2D eigenvalue weighted by Crippen LogP contribution is 2.31. The van der Waals surface area contributed by atoms with Crippen molar-refractivity contribution in [3.05, 3.63) is 47.7 Å². The van der Waals surface area contributed by atoms with Crippen molar-refractivity contribution < 1.29 is 9.32 Å². The highest BCUT2D eigenvalue weighted by Gasteiger charge is 2.31. The highest BCUT2D eigenvalue weighted by atomic mass is 16.5. The summed E-state index contributed by atoms with van der Waals surface area (Å²) in [5.41, 5.74) is 0.964. The zero-order valence-corrected chi connectivity index (χ0v) is 15.2. The molecule has 1 fully saturated rings. The molecule has 0 aliphatic heterocycles. The minimum Gasteiger partial charge on any atom is -0.360 e. The molecule has 0 bridgehead atoms. The van der Waals surface area contributed by atoms with E-state index in [1.54, 1.807) is 13.0 Å². The lowest BCUT2D eigenvalue weighted by Crippen LogP contribution is -2.45. The molecule has 5 nitrogen and oxygen atoms in total. The zero-order chi connectivity index (χ0) is 17.8. The summed E-state index contributed by atoms with van der Waals surface area (Å²) in [5, 5.41) is 10.4. The van der Waals surface area contributed by atoms with E-state index < -0.39 is 6.04 Å². The molecule has 5 heteroatoms. The number of benzene rings is 1. The maximum Gasteiger partial charge on any atom is 0.247 e. The standard InChI is InChI=1S/C20H27N3O2/c1-13-8-7-11-17(15(13)3)21-19(16-9-5-4-6-10-16)20(24)22-18-12-14(2)25-23-18/h4-6,9-10,12-13,15,17,19,21H,7-8,11H2,1-3H3,(H,22,23,24)/t13-,15-,17+,19+/m0/s1. The number of amides is 1. The Morgan fingerprint density at radius 1 is 1.24 bits per heavy atom. The van der Waals surface area contributed by atoms with Gasteiger partial charge in [-0.3, -0.25) is 10.1 Å². The van der Waals surface area contributed by atoms with Crippen molar-refractivity contribution >= 4 is 11.7 Å². The number of anilines is 1. The highest BCUT2D eigenvalue weighted by molar-refractivity contribution is 5.94. The lowest BCUT2D eigenvalue weighted by Gasteiger charge is -2.37. The number of carbonyl (C=O) groups is 1. The summed E-state index contributed by atoms with van der Waals surface area (Å²) in [6.07, 6.45) is 3.57. The molecule has 0 unspecified atom stereocenters. The van der Waals surface area contributed by atoms with Crippen LogP contribution in [0.4, 0.5) is 5.82 Å². The van der Waals surface area contributed by atoms with E-state index in [1.165, 1.54) is 12.8 Å². The lowest BCUT2D eigenvalue weighted by molar-refractivity contribution is -0.118. The lowest BCUT2D eigenvalue weighted by atomic mass is 9.77. The maximum absolute atomic E-state index is 12.9. The van der Waals surface area contributed by atoms with Crippen LogP contribution in [0.5, 0.6) is 0 Å². The van der Waals surface area contributed by atoms with Crippen LogP contribution in [0.25, 0.3) is 0 Å². The number of nitrogens with one attached hydrogen (secondary N) is 2. The minimum absolute atomic E-state index is 0.107. The molecule has 0 spiro atoms. The van der Waals surface area contributed by atoms with E-state index in [2.05, 4.69) is 29.6 Å². The molecule has 1 aromatic carbocycles. The van der Waals surface area contributed by atoms with E-state index in [0.717, 1.165) is 12.0 Å². The third kappa shape index (κ3) is 4.28. The molecule has 1 aliphatic rings. The van der Waals surface area contributed by atoms with E-state index in [9.17, 15) is 4.79 Å². The normalized spacial score (nSPS) is 24.7. The predicted octanol–water partition coefficient (Wildman–Crippen LogP) is 4.08. The van der Waals surface area contributed by atoms with E-state index in [-0.39, 0.29) is 5.91 Å². The van der Waals surface area contributed by atoms with Crippen LogP contribution < -0.4 is 10.6 Å². The van der Waals surface area contributed by atoms with Crippen molar-refractivity contribution in [1.82, 2.24) is 10.5 Å². The Morgan fingerprint density at radius 3 is 2.68 bits per heavy atom. The predicted molar refractivity (Wildman–Crippen MR) is 98.2 cm³/mol. The Labute approximate surface area is 149 Å². The molecule has 1 aromatic heterocycles. The zero-order valence-electron chi connectivity index (χ0n) is 15.2. The van der Waals surface area contributed by atoms with Crippen molar-refractivity contribution in [3.8, 4) is 0 Å². The fourth-order valence-corrected chi connectivity index (χ4v) is 3.62. The molecule has 134 valence electrons. The van der Waals surface area contributed by atoms with E-state index >= 15 is 0 Å². The average Bonchev–Trinajstić information content (AvgIpc) is 3.01. The molecule has 1 saturated carbocycles. The Kier molecular flexibility index (Phi) is 5.53. The molecule has 0 saturated heterocycles. The number of hydrogen-bond donors (Lipinski definition) is 2. The number of aromatic nitrogens is 1. The van der Waals surface area contributed by atoms with Crippen molar-refractivity contribution in [2.75, 3.05) is 5.32 Å². The summed E-state index contributed by atoms with van der Waals surface area (Å²) in [5.74, 6) is 2.24. The molecule has 3 rings (SSSR count). The third-order valence-electron chi connectivity index (χ3n) is 5.36. The first-order valence-electron chi connectivity index (χ1n) is 9.10. The topological polar surface area (TPSA) is 67.2 Å². The summed E-state index contributed by atoms with van der Waals surface area (Å²) in [6.45, 7) is 6.39. The van der Waals surface area contributed by atoms with E-state index in [1.807, 2.05) is 30.3 Å². The third-order valence-corrected chi connectivity index (χ3v) is 5.36. The quantitative estimate of drug-likeness (QED) is 0.860. The fourth-order valence-electron chi connectivity index (χ4n) is 3.62. The van der Waals surface area contributed by atoms with Crippen LogP contribution in [0.2, 0.25) is 0 Å². The van der Waals surface area contributed by atoms with Gasteiger partial charge in [-0.1, -0.05) is 62.2 Å². The summed E-state index contributed by atoms with van der Waals surface area (Å²) in [7, 11) is 0. The molecule has 1 amide bonds. The van der Waals surface area contributed by atoms with Gasteiger partial charge in [-0.25, -0.2) is 0 Å². The molecule has 1 aliphatic carbocycles. The first kappa shape index (κ1) is 17.7. The van der Waals surface area contributed by atoms with Crippen molar-refractivity contribution in [2.45, 2.75) is 52.1 Å². The number of nitrogens with zero attached hydrogens (tertiary/aromatic N) is 1. The van der Waals surface area contributed by atoms with Gasteiger partial charge in [-0.2, -0.15) is 0 Å². The largest absolute Gasteiger partial charge is 0.360 e. The van der Waals surface area contributed by atoms with Crippen molar-refractivity contribution in [2.24, 2.45) is 11.8 Å². The van der Waals surface area contributed by atoms with Crippen molar-refractivity contribution in [1.29, 1.82) is 0 Å². The van der Waals surface area contributed by atoms with Gasteiger partial charge in [-0.05, 0) is 30.7 Å². The minimum atomic E-state index is -0.407. The van der Waals surface area contributed by atoms with Crippen LogP contribution in [0, 0.1) is 18.8 Å². The van der Waals surface area contributed by atoms with Gasteiger partial charge in [0.05, 0.1) is 0 Å². The van der Waals surface area contributed by atoms with Crippen LogP contribution in [0.3, 0.4) is 0 Å². The Hall–Kier alpha value is -2.14. The summed E-state index contributed by atoms with van der Waals surface area (Å²) < 4.78 is 5.05. The average molecular weight is 341 g/mol. The summed E-state index contributed by atoms with van der Waals surface area (Å²) in [4.78, 5) is 12.9. The second-order valence-electron chi connectivity index (χ2n) is 7.20. The molecule has 4 atom stereocenters. The Balaban J connectivity index is 1.78. The number of aryl methyl sites for hydroxylation is 1. The summed E-state index contributed by atoms with van der Waals surface area (Å²) >= 11 is 0. The van der Waals surface area contributed by atoms with Gasteiger partial charge < -0.3 is 9.84 Å². The maximum atomic E-state index is 12.9. The monoisotopic (exact) mass is 341 g/mol. The number of hydrogen-bond acceptors (Lipinski definition) is 4. The van der Waals surface area contributed by atoms with Crippen LogP contribution in [0.1, 0.15) is 50.5 Å². The fraction of sp³-hybridized carbons (Fsp3) is 0.500. The van der Waals surface area contributed by atoms with Gasteiger partial charge in [0, 0.05) is 12.1 Å². The van der Waals surface area contributed by atoms with Crippen molar-refractivity contribution in [3.63, 3.8) is 0 Å². The molecular weight excluding hydrogens is 314 g/mol. The Morgan fingerprint density at radius 2 is 2.00 bits per heavy atom. The van der Waals surface area contributed by atoms with E-state index in [4.69, 9.17) is 4.52 Å². The van der Waals surface area contributed by atoms with Crippen LogP contribution in [-0.2, 0) is 4.79 Å². The second kappa shape index (κ2) is 7.83. The SMILES string of the molecule is Cc1cc(NC(=O)[C@H](N[C@@H]2CCC[C@H](C)[C@@H]2C)c2ccccc2)no1. The second-order valence-corrected chi connectivity index (χ2v) is 7.20. The van der Waals surface area contributed by atoms with Crippen LogP contribution in [0.15, 0.2) is 40.9 Å². The first-order chi connectivity index (χ1) is 12.0. The molecule has 2 N–H and O–H groups in total. The van der Waals surface area contributed by atoms with Gasteiger partial charge in [0.15, 0.2) is 5.82 Å². The summed E-state index contributed by atoms with van der Waals surface area (Å²) in [6, 6.07) is 11.5.